The van der Waals surface area contributed by atoms with Gasteiger partial charge in [0.1, 0.15) is 24.7 Å². The zero-order valence-corrected chi connectivity index (χ0v) is 21.5. The second-order valence-corrected chi connectivity index (χ2v) is 10.4. The first-order valence-electron chi connectivity index (χ1n) is 12.6. The van der Waals surface area contributed by atoms with Gasteiger partial charge in [0.25, 0.3) is 0 Å². The molecule has 5 rings (SSSR count). The predicted octanol–water partition coefficient (Wildman–Crippen LogP) is 5.81. The van der Waals surface area contributed by atoms with Crippen molar-refractivity contribution in [2.24, 2.45) is 5.92 Å². The molecule has 2 aliphatic heterocycles. The third-order valence-electron chi connectivity index (χ3n) is 6.97. The van der Waals surface area contributed by atoms with Crippen LogP contribution >= 0.6 is 11.6 Å². The van der Waals surface area contributed by atoms with Crippen LogP contribution < -0.4 is 9.47 Å². The van der Waals surface area contributed by atoms with Gasteiger partial charge in [0.15, 0.2) is 5.15 Å². The smallest absolute Gasteiger partial charge is 0.306 e. The van der Waals surface area contributed by atoms with Gasteiger partial charge in [0.05, 0.1) is 11.4 Å². The van der Waals surface area contributed by atoms with E-state index in [1.54, 1.807) is 0 Å². The van der Waals surface area contributed by atoms with Crippen molar-refractivity contribution >= 4 is 34.5 Å². The third kappa shape index (κ3) is 5.37. The highest BCUT2D eigenvalue weighted by Crippen LogP contribution is 2.32. The Bertz CT molecular complexity index is 1300. The number of carboxylic acid groups (broad SMARTS) is 1. The molecule has 0 radical (unpaired) electrons. The fourth-order valence-electron chi connectivity index (χ4n) is 5.02. The molecule has 0 bridgehead atoms. The number of carboxylic acids is 1. The van der Waals surface area contributed by atoms with Crippen LogP contribution in [-0.4, -0.2) is 52.0 Å². The number of fused-ring (bicyclic) bond motifs is 2. The van der Waals surface area contributed by atoms with Gasteiger partial charge in [-0.1, -0.05) is 17.7 Å². The number of ether oxygens (including phenoxy) is 2. The van der Waals surface area contributed by atoms with Crippen molar-refractivity contribution in [3.8, 4) is 11.5 Å². The van der Waals surface area contributed by atoms with Crippen LogP contribution in [0.3, 0.4) is 0 Å². The molecule has 1 fully saturated rings. The molecule has 3 aromatic rings. The molecule has 36 heavy (non-hydrogen) atoms. The lowest BCUT2D eigenvalue weighted by Crippen LogP contribution is -2.29. The fraction of sp³-hybridized carbons (Fsp3) is 0.429. The lowest BCUT2D eigenvalue weighted by atomic mass is 10.0. The highest BCUT2D eigenvalue weighted by atomic mass is 35.5. The minimum atomic E-state index is -0.671. The van der Waals surface area contributed by atoms with Gasteiger partial charge in [-0.05, 0) is 87.7 Å². The van der Waals surface area contributed by atoms with Crippen LogP contribution in [0, 0.1) is 5.92 Å². The van der Waals surface area contributed by atoms with E-state index >= 15 is 0 Å². The Morgan fingerprint density at radius 2 is 2.08 bits per heavy atom. The fourth-order valence-corrected chi connectivity index (χ4v) is 5.25. The summed E-state index contributed by atoms with van der Waals surface area (Å²) >= 11 is 6.37. The number of rotatable bonds is 7. The Morgan fingerprint density at radius 3 is 2.89 bits per heavy atom. The average molecular weight is 510 g/mol. The molecule has 8 heteroatoms. The van der Waals surface area contributed by atoms with Crippen molar-refractivity contribution < 1.29 is 19.4 Å². The van der Waals surface area contributed by atoms with E-state index in [2.05, 4.69) is 29.9 Å². The number of aliphatic carboxylic acids is 1. The van der Waals surface area contributed by atoms with Crippen LogP contribution in [0.1, 0.15) is 50.3 Å². The van der Waals surface area contributed by atoms with Crippen LogP contribution in [-0.2, 0) is 11.4 Å². The highest BCUT2D eigenvalue weighted by molar-refractivity contribution is 6.34. The maximum absolute atomic E-state index is 11.3. The zero-order valence-electron chi connectivity index (χ0n) is 20.7. The lowest BCUT2D eigenvalue weighted by Gasteiger charge is -2.25. The van der Waals surface area contributed by atoms with Gasteiger partial charge in [0, 0.05) is 29.6 Å². The number of halogens is 1. The van der Waals surface area contributed by atoms with Crippen molar-refractivity contribution in [2.75, 3.05) is 26.2 Å². The second kappa shape index (κ2) is 10.5. The van der Waals surface area contributed by atoms with Crippen molar-refractivity contribution in [3.63, 3.8) is 0 Å². The van der Waals surface area contributed by atoms with Gasteiger partial charge in [-0.15, -0.1) is 0 Å². The quantitative estimate of drug-likeness (QED) is 0.433. The van der Waals surface area contributed by atoms with Crippen LogP contribution in [0.4, 0.5) is 0 Å². The van der Waals surface area contributed by atoms with E-state index in [1.807, 2.05) is 41.1 Å². The molecule has 7 nitrogen and oxygen atoms in total. The summed E-state index contributed by atoms with van der Waals surface area (Å²) in [6, 6.07) is 12.3. The minimum Gasteiger partial charge on any atom is -0.489 e. The van der Waals surface area contributed by atoms with Gasteiger partial charge in [-0.25, -0.2) is 0 Å². The van der Waals surface area contributed by atoms with Crippen LogP contribution in [0.2, 0.25) is 5.15 Å². The van der Waals surface area contributed by atoms with E-state index < -0.39 is 5.97 Å². The molecule has 1 aromatic heterocycles. The molecule has 1 N–H and O–H groups in total. The molecule has 190 valence electrons. The van der Waals surface area contributed by atoms with Crippen molar-refractivity contribution in [1.29, 1.82) is 0 Å². The monoisotopic (exact) mass is 509 g/mol. The van der Waals surface area contributed by atoms with E-state index in [0.717, 1.165) is 66.0 Å². The van der Waals surface area contributed by atoms with Crippen molar-refractivity contribution in [1.82, 2.24) is 14.7 Å². The van der Waals surface area contributed by atoms with E-state index in [1.165, 1.54) is 5.57 Å². The molecular weight excluding hydrogens is 478 g/mol. The Labute approximate surface area is 216 Å². The molecule has 3 heterocycles. The number of hydrogen-bond donors (Lipinski definition) is 1. The topological polar surface area (TPSA) is 76.8 Å². The number of hydrogen-bond acceptors (Lipinski definition) is 5. The maximum atomic E-state index is 11.3. The SMILES string of the molecule is CC(C)n1nc(Cl)c2cc(COc3ccc4c(c3)OCC(CN3CCCC(C(=O)O)CC3)=C4)ccc21. The highest BCUT2D eigenvalue weighted by Gasteiger charge is 2.23. The number of aromatic nitrogens is 2. The average Bonchev–Trinajstić information content (AvgIpc) is 3.03. The van der Waals surface area contributed by atoms with Gasteiger partial charge in [-0.2, -0.15) is 5.10 Å². The molecule has 2 aliphatic rings. The molecule has 0 aliphatic carbocycles. The molecule has 2 aromatic carbocycles. The molecule has 1 atom stereocenters. The zero-order chi connectivity index (χ0) is 25.2. The first kappa shape index (κ1) is 24.7. The van der Waals surface area contributed by atoms with Crippen molar-refractivity contribution in [2.45, 2.75) is 45.8 Å². The third-order valence-corrected chi connectivity index (χ3v) is 7.25. The largest absolute Gasteiger partial charge is 0.489 e. The maximum Gasteiger partial charge on any atom is 0.306 e. The summed E-state index contributed by atoms with van der Waals surface area (Å²) in [5.41, 5.74) is 4.29. The van der Waals surface area contributed by atoms with E-state index in [-0.39, 0.29) is 12.0 Å². The first-order chi connectivity index (χ1) is 17.4. The Morgan fingerprint density at radius 1 is 1.22 bits per heavy atom. The summed E-state index contributed by atoms with van der Waals surface area (Å²) < 4.78 is 14.1. The van der Waals surface area contributed by atoms with Gasteiger partial charge < -0.3 is 14.6 Å². The molecule has 1 saturated heterocycles. The second-order valence-electron chi connectivity index (χ2n) is 10.0. The standard InChI is InChI=1S/C28H32ClN3O4/c1-18(2)32-25-8-5-19(13-24(25)27(29)30-32)16-35-23-7-6-22-12-20(17-36-26(22)14-23)15-31-10-3-4-21(9-11-31)28(33)34/h5-8,12-14,18,21H,3-4,9-11,15-17H2,1-2H3,(H,33,34). The molecule has 0 amide bonds. The van der Waals surface area contributed by atoms with E-state index in [4.69, 9.17) is 21.1 Å². The summed E-state index contributed by atoms with van der Waals surface area (Å²) in [4.78, 5) is 13.7. The summed E-state index contributed by atoms with van der Waals surface area (Å²) in [6.45, 7) is 7.67. The summed E-state index contributed by atoms with van der Waals surface area (Å²) in [7, 11) is 0. The van der Waals surface area contributed by atoms with Crippen LogP contribution in [0.5, 0.6) is 11.5 Å². The van der Waals surface area contributed by atoms with Crippen LogP contribution in [0.15, 0.2) is 42.0 Å². The lowest BCUT2D eigenvalue weighted by molar-refractivity contribution is -0.142. The number of nitrogens with zero attached hydrogens (tertiary/aromatic N) is 3. The predicted molar refractivity (Wildman–Crippen MR) is 141 cm³/mol. The Kier molecular flexibility index (Phi) is 7.21. The van der Waals surface area contributed by atoms with E-state index in [9.17, 15) is 9.90 Å². The van der Waals surface area contributed by atoms with Crippen molar-refractivity contribution in [3.05, 3.63) is 58.3 Å². The number of benzene rings is 2. The molecule has 1 unspecified atom stereocenters. The summed E-state index contributed by atoms with van der Waals surface area (Å²) in [5, 5.41) is 15.2. The van der Waals surface area contributed by atoms with Gasteiger partial charge >= 0.3 is 5.97 Å². The van der Waals surface area contributed by atoms with E-state index in [0.29, 0.717) is 24.8 Å². The molecular formula is C28H32ClN3O4. The van der Waals surface area contributed by atoms with Gasteiger partial charge in [0.2, 0.25) is 0 Å². The number of likely N-dealkylation sites (tertiary alicyclic amines) is 1. The minimum absolute atomic E-state index is 0.220. The summed E-state index contributed by atoms with van der Waals surface area (Å²) in [5.74, 6) is 0.676. The van der Waals surface area contributed by atoms with Crippen LogP contribution in [0.25, 0.3) is 17.0 Å². The Balaban J connectivity index is 1.21. The first-order valence-corrected chi connectivity index (χ1v) is 13.0. The molecule has 0 saturated carbocycles. The van der Waals surface area contributed by atoms with Gasteiger partial charge in [-0.3, -0.25) is 14.4 Å². The number of carbonyl (C=O) groups is 1. The summed E-state index contributed by atoms with van der Waals surface area (Å²) in [6.07, 6.45) is 4.57. The Hall–Kier alpha value is -3.03. The normalized spacial score (nSPS) is 18.4. The molecule has 0 spiro atoms.